The van der Waals surface area contributed by atoms with E-state index in [4.69, 9.17) is 32.4 Å². The highest BCUT2D eigenvalue weighted by Gasteiger charge is 2.17. The molecule has 25 heavy (non-hydrogen) atoms. The van der Waals surface area contributed by atoms with E-state index in [1.54, 1.807) is 25.1 Å². The molecule has 0 spiro atoms. The Hall–Kier alpha value is -1.76. The zero-order valence-electron chi connectivity index (χ0n) is 13.1. The summed E-state index contributed by atoms with van der Waals surface area (Å²) in [7, 11) is 0. The third kappa shape index (κ3) is 4.66. The van der Waals surface area contributed by atoms with Crippen LogP contribution in [-0.4, -0.2) is 10.2 Å². The van der Waals surface area contributed by atoms with Crippen molar-refractivity contribution in [3.05, 3.63) is 69.8 Å². The molecule has 0 aliphatic carbocycles. The Kier molecular flexibility index (Phi) is 5.83. The predicted molar refractivity (Wildman–Crippen MR) is 95.8 cm³/mol. The minimum absolute atomic E-state index is 0.324. The van der Waals surface area contributed by atoms with Gasteiger partial charge in [0.2, 0.25) is 0 Å². The number of rotatable bonds is 6. The second-order valence-electron chi connectivity index (χ2n) is 5.11. The van der Waals surface area contributed by atoms with E-state index >= 15 is 0 Å². The molecule has 4 nitrogen and oxygen atoms in total. The van der Waals surface area contributed by atoms with Gasteiger partial charge in [0.15, 0.2) is 6.10 Å². The lowest BCUT2D eigenvalue weighted by molar-refractivity contribution is 0.181. The number of aromatic nitrogens is 2. The maximum absolute atomic E-state index is 12.9. The Labute approximate surface area is 158 Å². The molecule has 3 rings (SSSR count). The second-order valence-corrected chi connectivity index (χ2v) is 6.85. The summed E-state index contributed by atoms with van der Waals surface area (Å²) < 4.78 is 24.2. The van der Waals surface area contributed by atoms with Crippen LogP contribution in [0.2, 0.25) is 10.0 Å². The lowest BCUT2D eigenvalue weighted by atomic mass is 10.2. The van der Waals surface area contributed by atoms with E-state index in [9.17, 15) is 4.39 Å². The van der Waals surface area contributed by atoms with Crippen LogP contribution in [0.1, 0.15) is 24.5 Å². The number of hydrogen-bond donors (Lipinski definition) is 0. The van der Waals surface area contributed by atoms with Gasteiger partial charge in [0, 0.05) is 15.8 Å². The molecule has 0 saturated heterocycles. The van der Waals surface area contributed by atoms with Gasteiger partial charge in [-0.25, -0.2) is 4.39 Å². The number of benzene rings is 2. The molecule has 1 heterocycles. The number of halogens is 3. The van der Waals surface area contributed by atoms with Crippen molar-refractivity contribution in [3.63, 3.8) is 0 Å². The van der Waals surface area contributed by atoms with E-state index in [2.05, 4.69) is 10.2 Å². The van der Waals surface area contributed by atoms with Crippen LogP contribution < -0.4 is 4.74 Å². The molecule has 1 aromatic heterocycles. The summed E-state index contributed by atoms with van der Waals surface area (Å²) in [5, 5.41) is 9.54. The zero-order valence-corrected chi connectivity index (χ0v) is 15.4. The summed E-state index contributed by atoms with van der Waals surface area (Å²) in [6, 6.07) is 11.1. The fourth-order valence-corrected chi connectivity index (χ4v) is 3.53. The van der Waals surface area contributed by atoms with Crippen molar-refractivity contribution in [3.8, 4) is 5.75 Å². The average Bonchev–Trinajstić information content (AvgIpc) is 3.06. The largest absolute Gasteiger partial charge is 0.481 e. The summed E-state index contributed by atoms with van der Waals surface area (Å²) in [4.78, 5) is 0. The summed E-state index contributed by atoms with van der Waals surface area (Å²) in [6.45, 7) is 1.77. The first-order valence-corrected chi connectivity index (χ1v) is 9.08. The van der Waals surface area contributed by atoms with Crippen molar-refractivity contribution in [1.29, 1.82) is 0 Å². The first kappa shape index (κ1) is 18.0. The lowest BCUT2D eigenvalue weighted by Gasteiger charge is -2.10. The quantitative estimate of drug-likeness (QED) is 0.480. The van der Waals surface area contributed by atoms with Crippen LogP contribution in [0.3, 0.4) is 0 Å². The van der Waals surface area contributed by atoms with E-state index in [1.807, 2.05) is 0 Å². The van der Waals surface area contributed by atoms with E-state index in [0.717, 1.165) is 5.56 Å². The number of thioether (sulfide) groups is 1. The van der Waals surface area contributed by atoms with Crippen LogP contribution in [0.25, 0.3) is 0 Å². The molecule has 1 unspecified atom stereocenters. The van der Waals surface area contributed by atoms with Crippen molar-refractivity contribution in [1.82, 2.24) is 10.2 Å². The van der Waals surface area contributed by atoms with Gasteiger partial charge in [-0.1, -0.05) is 41.0 Å². The smallest absolute Gasteiger partial charge is 0.277 e. The first-order chi connectivity index (χ1) is 12.0. The van der Waals surface area contributed by atoms with E-state index in [-0.39, 0.29) is 5.82 Å². The Morgan fingerprint density at radius 1 is 1.12 bits per heavy atom. The molecule has 2 aromatic carbocycles. The summed E-state index contributed by atoms with van der Waals surface area (Å²) in [6.07, 6.45) is -0.462. The minimum atomic E-state index is -0.462. The molecule has 0 aliphatic heterocycles. The molecule has 0 amide bonds. The normalized spacial score (nSPS) is 12.2. The Balaban J connectivity index is 1.62. The van der Waals surface area contributed by atoms with Crippen molar-refractivity contribution in [2.45, 2.75) is 24.0 Å². The zero-order chi connectivity index (χ0) is 17.8. The Morgan fingerprint density at radius 3 is 2.48 bits per heavy atom. The average molecular weight is 399 g/mol. The Bertz CT molecular complexity index is 838. The maximum Gasteiger partial charge on any atom is 0.277 e. The van der Waals surface area contributed by atoms with Crippen molar-refractivity contribution < 1.29 is 13.5 Å². The highest BCUT2D eigenvalue weighted by molar-refractivity contribution is 7.98. The molecule has 3 aromatic rings. The van der Waals surface area contributed by atoms with E-state index in [1.165, 1.54) is 36.0 Å². The molecule has 1 atom stereocenters. The number of nitrogens with zero attached hydrogens (tertiary/aromatic N) is 2. The molecule has 0 aliphatic rings. The first-order valence-electron chi connectivity index (χ1n) is 7.34. The molecule has 0 saturated carbocycles. The van der Waals surface area contributed by atoms with Crippen LogP contribution in [0, 0.1) is 5.82 Å². The monoisotopic (exact) mass is 398 g/mol. The Morgan fingerprint density at radius 2 is 1.80 bits per heavy atom. The van der Waals surface area contributed by atoms with Crippen molar-refractivity contribution in [2.24, 2.45) is 0 Å². The van der Waals surface area contributed by atoms with Crippen LogP contribution >= 0.6 is 35.0 Å². The van der Waals surface area contributed by atoms with E-state index < -0.39 is 6.10 Å². The van der Waals surface area contributed by atoms with Crippen LogP contribution in [-0.2, 0) is 5.75 Å². The van der Waals surface area contributed by atoms with Crippen molar-refractivity contribution in [2.75, 3.05) is 0 Å². The van der Waals surface area contributed by atoms with Gasteiger partial charge in [-0.3, -0.25) is 0 Å². The van der Waals surface area contributed by atoms with Crippen LogP contribution in [0.4, 0.5) is 4.39 Å². The molecule has 130 valence electrons. The summed E-state index contributed by atoms with van der Waals surface area (Å²) >= 11 is 13.6. The molecule has 8 heteroatoms. The van der Waals surface area contributed by atoms with Crippen LogP contribution in [0.5, 0.6) is 5.75 Å². The van der Waals surface area contributed by atoms with Gasteiger partial charge in [-0.05, 0) is 48.9 Å². The van der Waals surface area contributed by atoms with Crippen molar-refractivity contribution >= 4 is 35.0 Å². The number of ether oxygens (including phenoxy) is 1. The van der Waals surface area contributed by atoms with Gasteiger partial charge in [0.25, 0.3) is 11.1 Å². The summed E-state index contributed by atoms with van der Waals surface area (Å²) in [5.74, 6) is 1.03. The highest BCUT2D eigenvalue weighted by Crippen LogP contribution is 2.31. The SMILES string of the molecule is CC(Oc1ccc(F)cc1)c1nnc(SCc2c(Cl)cccc2Cl)o1. The van der Waals surface area contributed by atoms with Crippen LogP contribution in [0.15, 0.2) is 52.1 Å². The fourth-order valence-electron chi connectivity index (χ4n) is 2.01. The third-order valence-corrected chi connectivity index (χ3v) is 4.85. The molecule has 0 fully saturated rings. The van der Waals surface area contributed by atoms with Gasteiger partial charge >= 0.3 is 0 Å². The lowest BCUT2D eigenvalue weighted by Crippen LogP contribution is -2.03. The number of hydrogen-bond acceptors (Lipinski definition) is 5. The molecule has 0 radical (unpaired) electrons. The standard InChI is InChI=1S/C17H13Cl2FN2O2S/c1-10(23-12-7-5-11(20)6-8-12)16-21-22-17(24-16)25-9-13-14(18)3-2-4-15(13)19/h2-8,10H,9H2,1H3. The third-order valence-electron chi connectivity index (χ3n) is 3.30. The highest BCUT2D eigenvalue weighted by atomic mass is 35.5. The van der Waals surface area contributed by atoms with Gasteiger partial charge in [0.05, 0.1) is 0 Å². The second kappa shape index (κ2) is 8.08. The van der Waals surface area contributed by atoms with Gasteiger partial charge < -0.3 is 9.15 Å². The molecular weight excluding hydrogens is 386 g/mol. The topological polar surface area (TPSA) is 48.2 Å². The molecular formula is C17H13Cl2FN2O2S. The predicted octanol–water partition coefficient (Wildman–Crippen LogP) is 5.95. The van der Waals surface area contributed by atoms with Gasteiger partial charge in [-0.2, -0.15) is 0 Å². The molecule has 0 N–H and O–H groups in total. The van der Waals surface area contributed by atoms with Gasteiger partial charge in [-0.15, -0.1) is 10.2 Å². The molecule has 0 bridgehead atoms. The van der Waals surface area contributed by atoms with Gasteiger partial charge in [0.1, 0.15) is 11.6 Å². The van der Waals surface area contributed by atoms with E-state index in [0.29, 0.717) is 32.7 Å². The summed E-state index contributed by atoms with van der Waals surface area (Å²) in [5.41, 5.74) is 0.811. The maximum atomic E-state index is 12.9. The minimum Gasteiger partial charge on any atom is -0.481 e. The fraction of sp³-hybridized carbons (Fsp3) is 0.176.